The van der Waals surface area contributed by atoms with Crippen molar-refractivity contribution >= 4 is 10.2 Å². The second kappa shape index (κ2) is 5.13. The van der Waals surface area contributed by atoms with Crippen molar-refractivity contribution in [1.29, 1.82) is 0 Å². The predicted octanol–water partition coefficient (Wildman–Crippen LogP) is 0.217. The molecule has 0 aromatic rings. The summed E-state index contributed by atoms with van der Waals surface area (Å²) in [6.07, 6.45) is 1.27. The average molecular weight is 202 g/mol. The average Bonchev–Trinajstić information content (AvgIpc) is 2.01. The minimum absolute atomic E-state index is 0.429. The lowest BCUT2D eigenvalue weighted by Gasteiger charge is -2.43. The minimum Gasteiger partial charge on any atom is -0.308 e. The molecule has 0 rings (SSSR count). The molecule has 0 aromatic carbocycles. The first-order chi connectivity index (χ1) is 5.84. The van der Waals surface area contributed by atoms with Gasteiger partial charge in [0.1, 0.15) is 0 Å². The Morgan fingerprint density at radius 2 is 1.69 bits per heavy atom. The van der Waals surface area contributed by atoms with Crippen molar-refractivity contribution in [3.05, 3.63) is 0 Å². The zero-order valence-corrected chi connectivity index (χ0v) is 12.4. The minimum atomic E-state index is 0.429. The van der Waals surface area contributed by atoms with Crippen LogP contribution in [0, 0.1) is 5.92 Å². The van der Waals surface area contributed by atoms with Crippen molar-refractivity contribution in [3.63, 3.8) is 0 Å². The molecule has 0 saturated carbocycles. The van der Waals surface area contributed by atoms with Crippen LogP contribution >= 0.6 is 0 Å². The molecule has 0 amide bonds. The molecule has 0 aliphatic heterocycles. The largest absolute Gasteiger partial charge is 0.308 e. The van der Waals surface area contributed by atoms with Gasteiger partial charge in [0, 0.05) is 21.9 Å². The monoisotopic (exact) mass is 202 g/mol. The van der Waals surface area contributed by atoms with Gasteiger partial charge in [0.05, 0.1) is 0 Å². The summed E-state index contributed by atoms with van der Waals surface area (Å²) in [5, 5.41) is 0.429. The number of hydrogen-bond acceptors (Lipinski definition) is 2. The molecule has 0 aliphatic carbocycles. The fourth-order valence-electron chi connectivity index (χ4n) is 1.82. The van der Waals surface area contributed by atoms with Crippen LogP contribution in [-0.4, -0.2) is 59.9 Å². The van der Waals surface area contributed by atoms with Crippen molar-refractivity contribution in [3.8, 4) is 0 Å². The molecule has 0 saturated heterocycles. The lowest BCUT2D eigenvalue weighted by molar-refractivity contribution is 0.131. The fraction of sp³-hybridized carbons (Fsp3) is 1.00. The predicted molar refractivity (Wildman–Crippen MR) is 64.4 cm³/mol. The van der Waals surface area contributed by atoms with Gasteiger partial charge in [-0.15, -0.1) is 0 Å². The van der Waals surface area contributed by atoms with E-state index in [1.54, 1.807) is 0 Å². The van der Waals surface area contributed by atoms with Crippen LogP contribution in [0.5, 0.6) is 0 Å². The Labute approximate surface area is 86.7 Å². The maximum Gasteiger partial charge on any atom is 0.0303 e. The lowest BCUT2D eigenvalue weighted by atomic mass is 9.96. The third kappa shape index (κ3) is 3.41. The Hall–Kier alpha value is 0.137. The molecule has 0 aliphatic rings. The quantitative estimate of drug-likeness (QED) is 0.589. The van der Waals surface area contributed by atoms with Gasteiger partial charge in [-0.2, -0.15) is 0 Å². The van der Waals surface area contributed by atoms with Crippen LogP contribution in [0.3, 0.4) is 0 Å². The zero-order chi connectivity index (χ0) is 10.6. The van der Waals surface area contributed by atoms with Crippen LogP contribution in [0.2, 0.25) is 0 Å². The zero-order valence-electron chi connectivity index (χ0n) is 10.4. The second-order valence-electron chi connectivity index (χ2n) is 4.80. The normalized spacial score (nSPS) is 19.4. The third-order valence-electron chi connectivity index (χ3n) is 3.33. The van der Waals surface area contributed by atoms with E-state index in [0.29, 0.717) is 5.16 Å². The topological polar surface area (TPSA) is 6.48 Å². The Balaban J connectivity index is 4.52. The van der Waals surface area contributed by atoms with Crippen molar-refractivity contribution in [2.45, 2.75) is 25.4 Å². The molecule has 2 unspecified atom stereocenters. The maximum absolute atomic E-state index is 2.41. The summed E-state index contributed by atoms with van der Waals surface area (Å²) in [7, 11) is 9.98. The van der Waals surface area contributed by atoms with Gasteiger partial charge in [0.2, 0.25) is 0 Å². The van der Waals surface area contributed by atoms with E-state index < -0.39 is 0 Å². The van der Waals surface area contributed by atoms with E-state index in [1.165, 1.54) is 23.2 Å². The first-order valence-corrected chi connectivity index (χ1v) is 6.16. The van der Waals surface area contributed by atoms with E-state index in [2.05, 4.69) is 51.8 Å². The van der Waals surface area contributed by atoms with Gasteiger partial charge in [0.15, 0.2) is 0 Å². The van der Waals surface area contributed by atoms with Crippen molar-refractivity contribution in [2.24, 2.45) is 5.92 Å². The summed E-state index contributed by atoms with van der Waals surface area (Å²) in [5.41, 5.74) is 0. The van der Waals surface area contributed by atoms with Crippen LogP contribution in [0.25, 0.3) is 0 Å². The third-order valence-corrected chi connectivity index (χ3v) is 5.53. The summed E-state index contributed by atoms with van der Waals surface area (Å²) in [6, 6.07) is 0. The lowest BCUT2D eigenvalue weighted by Crippen LogP contribution is -2.56. The van der Waals surface area contributed by atoms with E-state index in [0.717, 1.165) is 5.92 Å². The molecule has 0 heterocycles. The number of hydrogen-bond donors (Lipinski definition) is 0. The first kappa shape index (κ1) is 13.1. The van der Waals surface area contributed by atoms with E-state index in [9.17, 15) is 0 Å². The second-order valence-corrected chi connectivity index (χ2v) is 6.53. The van der Waals surface area contributed by atoms with Crippen LogP contribution in [0.1, 0.15) is 20.3 Å². The summed E-state index contributed by atoms with van der Waals surface area (Å²) in [4.78, 5) is 4.71. The Morgan fingerprint density at radius 1 is 1.23 bits per heavy atom. The van der Waals surface area contributed by atoms with Crippen LogP contribution in [0.4, 0.5) is 0 Å². The van der Waals surface area contributed by atoms with Crippen molar-refractivity contribution < 1.29 is 0 Å². The standard InChI is InChI=1S/C10H26N2Si/c1-7-9(2)10(13,12(5)6)8-11(3)4/h9H,7-8H2,1-6,13H3. The van der Waals surface area contributed by atoms with Crippen molar-refractivity contribution in [1.82, 2.24) is 9.80 Å². The maximum atomic E-state index is 2.41. The van der Waals surface area contributed by atoms with Crippen LogP contribution in [0.15, 0.2) is 0 Å². The summed E-state index contributed by atoms with van der Waals surface area (Å²) in [5.74, 6) is 0.788. The number of rotatable bonds is 5. The molecule has 13 heavy (non-hydrogen) atoms. The van der Waals surface area contributed by atoms with Gasteiger partial charge in [-0.3, -0.25) is 0 Å². The molecule has 2 nitrogen and oxygen atoms in total. The fourth-order valence-corrected chi connectivity index (χ4v) is 2.86. The van der Waals surface area contributed by atoms with Gasteiger partial charge in [-0.05, 0) is 34.1 Å². The van der Waals surface area contributed by atoms with E-state index in [1.807, 2.05) is 0 Å². The van der Waals surface area contributed by atoms with Gasteiger partial charge < -0.3 is 9.80 Å². The molecule has 0 radical (unpaired) electrons. The molecule has 0 spiro atoms. The Morgan fingerprint density at radius 3 is 1.92 bits per heavy atom. The van der Waals surface area contributed by atoms with Crippen molar-refractivity contribution in [2.75, 3.05) is 34.7 Å². The van der Waals surface area contributed by atoms with Gasteiger partial charge in [0.25, 0.3) is 0 Å². The highest BCUT2D eigenvalue weighted by Crippen LogP contribution is 2.22. The van der Waals surface area contributed by atoms with E-state index >= 15 is 0 Å². The Kier molecular flexibility index (Phi) is 5.18. The highest BCUT2D eigenvalue weighted by Gasteiger charge is 2.32. The first-order valence-electron chi connectivity index (χ1n) is 5.16. The van der Waals surface area contributed by atoms with E-state index in [-0.39, 0.29) is 0 Å². The van der Waals surface area contributed by atoms with Gasteiger partial charge >= 0.3 is 0 Å². The summed E-state index contributed by atoms with van der Waals surface area (Å²) >= 11 is 0. The Bertz CT molecular complexity index is 148. The SMILES string of the molecule is CCC(C)C([SiH3])(CN(C)C)N(C)C. The number of nitrogens with zero attached hydrogens (tertiary/aromatic N) is 2. The van der Waals surface area contributed by atoms with Crippen LogP contribution in [-0.2, 0) is 0 Å². The molecule has 0 aromatic heterocycles. The summed E-state index contributed by atoms with van der Waals surface area (Å²) in [6.45, 7) is 5.84. The smallest absolute Gasteiger partial charge is 0.0303 e. The van der Waals surface area contributed by atoms with Gasteiger partial charge in [-0.1, -0.05) is 20.3 Å². The molecule has 80 valence electrons. The molecule has 3 heteroatoms. The summed E-state index contributed by atoms with van der Waals surface area (Å²) < 4.78 is 0. The highest BCUT2D eigenvalue weighted by atomic mass is 28.1. The molecular formula is C10H26N2Si. The molecule has 0 fully saturated rings. The molecule has 0 bridgehead atoms. The molecule has 2 atom stereocenters. The number of likely N-dealkylation sites (N-methyl/N-ethyl adjacent to an activating group) is 2. The molecular weight excluding hydrogens is 176 g/mol. The van der Waals surface area contributed by atoms with Gasteiger partial charge in [-0.25, -0.2) is 0 Å². The highest BCUT2D eigenvalue weighted by molar-refractivity contribution is 6.15. The molecule has 0 N–H and O–H groups in total. The van der Waals surface area contributed by atoms with E-state index in [4.69, 9.17) is 0 Å². The van der Waals surface area contributed by atoms with Crippen LogP contribution < -0.4 is 0 Å².